The van der Waals surface area contributed by atoms with E-state index in [1.807, 2.05) is 34.3 Å². The molecule has 0 saturated carbocycles. The summed E-state index contributed by atoms with van der Waals surface area (Å²) in [6.07, 6.45) is 6.46. The summed E-state index contributed by atoms with van der Waals surface area (Å²) in [5, 5.41) is 11.2. The van der Waals surface area contributed by atoms with Crippen molar-refractivity contribution in [2.75, 3.05) is 5.32 Å². The van der Waals surface area contributed by atoms with Crippen LogP contribution in [0.3, 0.4) is 0 Å². The van der Waals surface area contributed by atoms with Gasteiger partial charge in [0.05, 0.1) is 12.0 Å². The first kappa shape index (κ1) is 15.2. The van der Waals surface area contributed by atoms with Gasteiger partial charge in [-0.2, -0.15) is 0 Å². The van der Waals surface area contributed by atoms with Gasteiger partial charge in [0, 0.05) is 37.5 Å². The summed E-state index contributed by atoms with van der Waals surface area (Å²) in [5.41, 5.74) is 2.56. The SMILES string of the molecule is CC(C)c1nnc2ccc(NC(=O)CCc3cncn3C)cn12. The van der Waals surface area contributed by atoms with E-state index in [9.17, 15) is 4.79 Å². The molecule has 0 spiro atoms. The molecule has 0 fully saturated rings. The number of nitrogens with zero attached hydrogens (tertiary/aromatic N) is 5. The van der Waals surface area contributed by atoms with Crippen LogP contribution in [-0.4, -0.2) is 30.1 Å². The number of pyridine rings is 1. The predicted molar refractivity (Wildman–Crippen MR) is 87.2 cm³/mol. The molecule has 0 radical (unpaired) electrons. The van der Waals surface area contributed by atoms with Crippen molar-refractivity contribution in [3.63, 3.8) is 0 Å². The monoisotopic (exact) mass is 312 g/mol. The third kappa shape index (κ3) is 3.23. The van der Waals surface area contributed by atoms with Crippen LogP contribution in [0, 0.1) is 0 Å². The van der Waals surface area contributed by atoms with Crippen LogP contribution in [0.1, 0.15) is 37.7 Å². The van der Waals surface area contributed by atoms with E-state index in [1.165, 1.54) is 0 Å². The third-order valence-electron chi connectivity index (χ3n) is 3.75. The summed E-state index contributed by atoms with van der Waals surface area (Å²) in [6.45, 7) is 4.13. The quantitative estimate of drug-likeness (QED) is 0.783. The van der Waals surface area contributed by atoms with Crippen LogP contribution in [0.5, 0.6) is 0 Å². The lowest BCUT2D eigenvalue weighted by Gasteiger charge is -2.08. The van der Waals surface area contributed by atoms with Gasteiger partial charge in [0.1, 0.15) is 5.82 Å². The van der Waals surface area contributed by atoms with E-state index in [0.717, 1.165) is 22.9 Å². The Balaban J connectivity index is 1.69. The zero-order chi connectivity index (χ0) is 16.4. The standard InChI is InChI=1S/C16H20N6O/c1-11(2)16-20-19-14-6-4-12(9-22(14)16)18-15(23)7-5-13-8-17-10-21(13)3/h4,6,8-11H,5,7H2,1-3H3,(H,18,23). The summed E-state index contributed by atoms with van der Waals surface area (Å²) in [4.78, 5) is 16.2. The van der Waals surface area contributed by atoms with Crippen LogP contribution in [-0.2, 0) is 18.3 Å². The van der Waals surface area contributed by atoms with Crippen LogP contribution in [0.4, 0.5) is 5.69 Å². The maximum atomic E-state index is 12.1. The minimum Gasteiger partial charge on any atom is -0.338 e. The van der Waals surface area contributed by atoms with Crippen LogP contribution < -0.4 is 5.32 Å². The Labute approximate surface area is 134 Å². The van der Waals surface area contributed by atoms with E-state index in [-0.39, 0.29) is 11.8 Å². The minimum absolute atomic E-state index is 0.0234. The molecular weight excluding hydrogens is 292 g/mol. The van der Waals surface area contributed by atoms with E-state index in [0.29, 0.717) is 12.8 Å². The molecule has 1 N–H and O–H groups in total. The van der Waals surface area contributed by atoms with Crippen molar-refractivity contribution in [1.82, 2.24) is 24.1 Å². The molecule has 1 amide bonds. The van der Waals surface area contributed by atoms with Crippen molar-refractivity contribution in [2.45, 2.75) is 32.6 Å². The van der Waals surface area contributed by atoms with Gasteiger partial charge in [0.25, 0.3) is 0 Å². The lowest BCUT2D eigenvalue weighted by Crippen LogP contribution is -2.13. The largest absolute Gasteiger partial charge is 0.338 e. The fourth-order valence-electron chi connectivity index (χ4n) is 2.47. The van der Waals surface area contributed by atoms with Gasteiger partial charge in [-0.15, -0.1) is 10.2 Å². The van der Waals surface area contributed by atoms with Crippen molar-refractivity contribution >= 4 is 17.2 Å². The maximum absolute atomic E-state index is 12.1. The number of aromatic nitrogens is 5. The molecule has 120 valence electrons. The van der Waals surface area contributed by atoms with Crippen molar-refractivity contribution in [2.24, 2.45) is 7.05 Å². The number of anilines is 1. The first-order valence-electron chi connectivity index (χ1n) is 7.64. The molecular formula is C16H20N6O. The van der Waals surface area contributed by atoms with Gasteiger partial charge in [-0.25, -0.2) is 4.98 Å². The van der Waals surface area contributed by atoms with Crippen molar-refractivity contribution in [1.29, 1.82) is 0 Å². The van der Waals surface area contributed by atoms with Gasteiger partial charge in [-0.05, 0) is 18.6 Å². The summed E-state index contributed by atoms with van der Waals surface area (Å²) >= 11 is 0. The molecule has 0 aliphatic carbocycles. The van der Waals surface area contributed by atoms with E-state index < -0.39 is 0 Å². The number of carbonyl (C=O) groups is 1. The molecule has 23 heavy (non-hydrogen) atoms. The summed E-state index contributed by atoms with van der Waals surface area (Å²) < 4.78 is 3.84. The average molecular weight is 312 g/mol. The summed E-state index contributed by atoms with van der Waals surface area (Å²) in [5.74, 6) is 1.12. The number of nitrogens with one attached hydrogen (secondary N) is 1. The molecule has 0 aromatic carbocycles. The highest BCUT2D eigenvalue weighted by atomic mass is 16.1. The third-order valence-corrected chi connectivity index (χ3v) is 3.75. The lowest BCUT2D eigenvalue weighted by molar-refractivity contribution is -0.116. The summed E-state index contributed by atoms with van der Waals surface area (Å²) in [7, 11) is 1.92. The Morgan fingerprint density at radius 1 is 1.30 bits per heavy atom. The number of hydrogen-bond acceptors (Lipinski definition) is 4. The van der Waals surface area contributed by atoms with Gasteiger partial charge < -0.3 is 9.88 Å². The van der Waals surface area contributed by atoms with Gasteiger partial charge in [0.2, 0.25) is 5.91 Å². The highest BCUT2D eigenvalue weighted by molar-refractivity contribution is 5.90. The molecule has 3 heterocycles. The normalized spacial score (nSPS) is 11.3. The number of carbonyl (C=O) groups excluding carboxylic acids is 1. The second kappa shape index (κ2) is 6.20. The molecule has 0 aliphatic heterocycles. The number of fused-ring (bicyclic) bond motifs is 1. The van der Waals surface area contributed by atoms with Gasteiger partial charge in [-0.1, -0.05) is 13.8 Å². The Kier molecular flexibility index (Phi) is 4.10. The molecule has 3 aromatic rings. The second-order valence-corrected chi connectivity index (χ2v) is 5.90. The molecule has 0 saturated heterocycles. The molecule has 7 heteroatoms. The number of hydrogen-bond donors (Lipinski definition) is 1. The zero-order valence-corrected chi connectivity index (χ0v) is 13.5. The van der Waals surface area contributed by atoms with Gasteiger partial charge >= 0.3 is 0 Å². The first-order chi connectivity index (χ1) is 11.0. The topological polar surface area (TPSA) is 77.1 Å². The van der Waals surface area contributed by atoms with Gasteiger partial charge in [0.15, 0.2) is 5.65 Å². The average Bonchev–Trinajstić information content (AvgIpc) is 3.10. The van der Waals surface area contributed by atoms with E-state index in [2.05, 4.69) is 34.3 Å². The lowest BCUT2D eigenvalue weighted by atomic mass is 10.2. The van der Waals surface area contributed by atoms with Gasteiger partial charge in [-0.3, -0.25) is 9.20 Å². The summed E-state index contributed by atoms with van der Waals surface area (Å²) in [6, 6.07) is 3.70. The van der Waals surface area contributed by atoms with E-state index in [1.54, 1.807) is 12.5 Å². The fourth-order valence-corrected chi connectivity index (χ4v) is 2.47. The Morgan fingerprint density at radius 2 is 2.13 bits per heavy atom. The van der Waals surface area contributed by atoms with Crippen molar-refractivity contribution in [3.8, 4) is 0 Å². The Morgan fingerprint density at radius 3 is 2.83 bits per heavy atom. The fraction of sp³-hybridized carbons (Fsp3) is 0.375. The number of aryl methyl sites for hydroxylation is 2. The predicted octanol–water partition coefficient (Wildman–Crippen LogP) is 2.16. The van der Waals surface area contributed by atoms with E-state index >= 15 is 0 Å². The maximum Gasteiger partial charge on any atom is 0.224 e. The smallest absolute Gasteiger partial charge is 0.224 e. The molecule has 0 bridgehead atoms. The minimum atomic E-state index is -0.0234. The van der Waals surface area contributed by atoms with E-state index in [4.69, 9.17) is 0 Å². The number of amides is 1. The zero-order valence-electron chi connectivity index (χ0n) is 13.5. The molecule has 0 atom stereocenters. The highest BCUT2D eigenvalue weighted by Gasteiger charge is 2.11. The van der Waals surface area contributed by atoms with Crippen LogP contribution in [0.2, 0.25) is 0 Å². The van der Waals surface area contributed by atoms with Crippen LogP contribution in [0.15, 0.2) is 30.9 Å². The highest BCUT2D eigenvalue weighted by Crippen LogP contribution is 2.17. The molecule has 7 nitrogen and oxygen atoms in total. The Hall–Kier alpha value is -2.70. The molecule has 3 aromatic heterocycles. The molecule has 0 unspecified atom stereocenters. The van der Waals surface area contributed by atoms with Crippen LogP contribution in [0.25, 0.3) is 5.65 Å². The number of rotatable bonds is 5. The molecule has 0 aliphatic rings. The molecule has 3 rings (SSSR count). The van der Waals surface area contributed by atoms with Crippen molar-refractivity contribution in [3.05, 3.63) is 42.4 Å². The van der Waals surface area contributed by atoms with Crippen LogP contribution >= 0.6 is 0 Å². The second-order valence-electron chi connectivity index (χ2n) is 5.90. The first-order valence-corrected chi connectivity index (χ1v) is 7.64. The van der Waals surface area contributed by atoms with Crippen molar-refractivity contribution < 1.29 is 4.79 Å². The number of imidazole rings is 1. The Bertz CT molecular complexity index is 832.